The number of ether oxygens (including phenoxy) is 2. The van der Waals surface area contributed by atoms with Crippen molar-refractivity contribution in [2.45, 2.75) is 6.92 Å². The highest BCUT2D eigenvalue weighted by Gasteiger charge is 2.11. The Hall–Kier alpha value is -3.93. The maximum absolute atomic E-state index is 12.3. The minimum atomic E-state index is -0.425. The van der Waals surface area contributed by atoms with Crippen LogP contribution in [-0.4, -0.2) is 25.2 Å². The number of hydrogen-bond acceptors (Lipinski definition) is 5. The molecule has 146 valence electrons. The van der Waals surface area contributed by atoms with Crippen LogP contribution in [0.3, 0.4) is 0 Å². The van der Waals surface area contributed by atoms with E-state index in [1.54, 1.807) is 60.7 Å². The second-order valence-corrected chi connectivity index (χ2v) is 6.23. The van der Waals surface area contributed by atoms with Gasteiger partial charge in [0.05, 0.1) is 24.5 Å². The summed E-state index contributed by atoms with van der Waals surface area (Å²) in [7, 11) is 1.51. The zero-order chi connectivity index (χ0) is 20.6. The average Bonchev–Trinajstić information content (AvgIpc) is 2.75. The van der Waals surface area contributed by atoms with Gasteiger partial charge < -0.3 is 9.47 Å². The van der Waals surface area contributed by atoms with Crippen molar-refractivity contribution >= 4 is 18.1 Å². The minimum Gasteiger partial charge on any atom is -0.496 e. The molecule has 0 saturated carbocycles. The highest BCUT2D eigenvalue weighted by Crippen LogP contribution is 2.19. The lowest BCUT2D eigenvalue weighted by atomic mass is 10.1. The fourth-order valence-electron chi connectivity index (χ4n) is 2.57. The normalized spacial score (nSPS) is 10.6. The van der Waals surface area contributed by atoms with Crippen molar-refractivity contribution in [2.75, 3.05) is 7.11 Å². The van der Waals surface area contributed by atoms with Gasteiger partial charge in [-0.25, -0.2) is 10.2 Å². The number of amides is 1. The summed E-state index contributed by atoms with van der Waals surface area (Å²) in [6, 6.07) is 20.8. The maximum atomic E-state index is 12.3. The number of nitrogens with one attached hydrogen (secondary N) is 1. The molecule has 0 aliphatic carbocycles. The van der Waals surface area contributed by atoms with Gasteiger partial charge in [-0.1, -0.05) is 24.3 Å². The molecule has 0 radical (unpaired) electrons. The van der Waals surface area contributed by atoms with Crippen LogP contribution in [0.15, 0.2) is 77.9 Å². The van der Waals surface area contributed by atoms with E-state index < -0.39 is 5.97 Å². The third kappa shape index (κ3) is 5.29. The van der Waals surface area contributed by atoms with E-state index in [1.807, 2.05) is 19.1 Å². The summed E-state index contributed by atoms with van der Waals surface area (Å²) in [5.41, 5.74) is 5.09. The molecule has 3 aromatic rings. The number of methoxy groups -OCH3 is 1. The van der Waals surface area contributed by atoms with Crippen molar-refractivity contribution in [2.24, 2.45) is 5.10 Å². The van der Waals surface area contributed by atoms with Gasteiger partial charge in [0, 0.05) is 0 Å². The molecule has 0 aliphatic rings. The number of aryl methyl sites for hydroxylation is 1. The minimum absolute atomic E-state index is 0.369. The number of nitrogens with zero attached hydrogens (tertiary/aromatic N) is 1. The Morgan fingerprint density at radius 1 is 0.966 bits per heavy atom. The summed E-state index contributed by atoms with van der Waals surface area (Å²) < 4.78 is 10.6. The molecule has 1 amide bonds. The smallest absolute Gasteiger partial charge is 0.343 e. The highest BCUT2D eigenvalue weighted by molar-refractivity contribution is 5.97. The molecule has 0 aromatic heterocycles. The lowest BCUT2D eigenvalue weighted by Crippen LogP contribution is -2.18. The van der Waals surface area contributed by atoms with E-state index in [-0.39, 0.29) is 5.91 Å². The van der Waals surface area contributed by atoms with Crippen molar-refractivity contribution in [3.05, 3.63) is 95.1 Å². The second kappa shape index (κ2) is 9.32. The summed E-state index contributed by atoms with van der Waals surface area (Å²) in [6.45, 7) is 1.92. The molecule has 0 aliphatic heterocycles. The van der Waals surface area contributed by atoms with Crippen LogP contribution in [0.4, 0.5) is 0 Å². The second-order valence-electron chi connectivity index (χ2n) is 6.23. The van der Waals surface area contributed by atoms with Gasteiger partial charge in [0.15, 0.2) is 0 Å². The molecule has 3 rings (SSSR count). The fourth-order valence-corrected chi connectivity index (χ4v) is 2.57. The van der Waals surface area contributed by atoms with Gasteiger partial charge >= 0.3 is 5.97 Å². The van der Waals surface area contributed by atoms with Gasteiger partial charge in [-0.05, 0) is 66.6 Å². The van der Waals surface area contributed by atoms with Crippen LogP contribution in [0.1, 0.15) is 31.8 Å². The van der Waals surface area contributed by atoms with Gasteiger partial charge in [-0.3, -0.25) is 4.79 Å². The Balaban J connectivity index is 1.59. The van der Waals surface area contributed by atoms with Gasteiger partial charge in [-0.2, -0.15) is 5.10 Å². The molecule has 0 heterocycles. The Morgan fingerprint density at radius 3 is 2.38 bits per heavy atom. The highest BCUT2D eigenvalue weighted by atomic mass is 16.5. The van der Waals surface area contributed by atoms with Crippen LogP contribution in [0.5, 0.6) is 11.5 Å². The monoisotopic (exact) mass is 388 g/mol. The number of hydrazone groups is 1. The number of rotatable bonds is 6. The zero-order valence-electron chi connectivity index (χ0n) is 16.1. The molecule has 0 bridgehead atoms. The van der Waals surface area contributed by atoms with Gasteiger partial charge in [0.1, 0.15) is 11.5 Å². The molecular formula is C23H20N2O4. The van der Waals surface area contributed by atoms with E-state index in [9.17, 15) is 9.59 Å². The molecule has 0 atom stereocenters. The van der Waals surface area contributed by atoms with Crippen molar-refractivity contribution in [3.63, 3.8) is 0 Å². The van der Waals surface area contributed by atoms with Crippen LogP contribution in [0, 0.1) is 6.92 Å². The Morgan fingerprint density at radius 2 is 1.69 bits per heavy atom. The molecule has 29 heavy (non-hydrogen) atoms. The van der Waals surface area contributed by atoms with Crippen LogP contribution >= 0.6 is 0 Å². The van der Waals surface area contributed by atoms with Gasteiger partial charge in [0.2, 0.25) is 0 Å². The van der Waals surface area contributed by atoms with Crippen LogP contribution in [-0.2, 0) is 0 Å². The largest absolute Gasteiger partial charge is 0.496 e. The van der Waals surface area contributed by atoms with Crippen molar-refractivity contribution < 1.29 is 19.1 Å². The summed E-state index contributed by atoms with van der Waals surface area (Å²) in [6.07, 6.45) is 1.50. The topological polar surface area (TPSA) is 77.0 Å². The first-order valence-corrected chi connectivity index (χ1v) is 8.92. The molecule has 1 N–H and O–H groups in total. The standard InChI is InChI=1S/C23H20N2O4/c1-16-8-13-20(21(14-16)28-2)22(26)25-24-15-17-9-11-19(12-10-17)29-23(27)18-6-4-3-5-7-18/h3-15H,1-2H3,(H,25,26). The quantitative estimate of drug-likeness (QED) is 0.300. The number of carbonyl (C=O) groups is 2. The summed E-state index contributed by atoms with van der Waals surface area (Å²) in [5.74, 6) is 0.115. The van der Waals surface area contributed by atoms with Crippen molar-refractivity contribution in [1.82, 2.24) is 5.43 Å². The number of hydrogen-bond donors (Lipinski definition) is 1. The lowest BCUT2D eigenvalue weighted by molar-refractivity contribution is 0.0734. The summed E-state index contributed by atoms with van der Waals surface area (Å²) >= 11 is 0. The average molecular weight is 388 g/mol. The number of esters is 1. The summed E-state index contributed by atoms with van der Waals surface area (Å²) in [4.78, 5) is 24.3. The molecule has 3 aromatic carbocycles. The van der Waals surface area contributed by atoms with E-state index >= 15 is 0 Å². The van der Waals surface area contributed by atoms with E-state index in [4.69, 9.17) is 9.47 Å². The Kier molecular flexibility index (Phi) is 6.37. The molecule has 0 spiro atoms. The predicted octanol–water partition coefficient (Wildman–Crippen LogP) is 3.99. The van der Waals surface area contributed by atoms with Crippen LogP contribution in [0.25, 0.3) is 0 Å². The first-order valence-electron chi connectivity index (χ1n) is 8.92. The van der Waals surface area contributed by atoms with E-state index in [2.05, 4.69) is 10.5 Å². The molecule has 0 unspecified atom stereocenters. The van der Waals surface area contributed by atoms with E-state index in [0.29, 0.717) is 22.6 Å². The molecular weight excluding hydrogens is 368 g/mol. The van der Waals surface area contributed by atoms with E-state index in [1.165, 1.54) is 13.3 Å². The first-order chi connectivity index (χ1) is 14.1. The van der Waals surface area contributed by atoms with Crippen LogP contribution in [0.2, 0.25) is 0 Å². The maximum Gasteiger partial charge on any atom is 0.343 e. The number of benzene rings is 3. The van der Waals surface area contributed by atoms with E-state index in [0.717, 1.165) is 11.1 Å². The lowest BCUT2D eigenvalue weighted by Gasteiger charge is -2.07. The molecule has 0 saturated heterocycles. The predicted molar refractivity (Wildman–Crippen MR) is 111 cm³/mol. The fraction of sp³-hybridized carbons (Fsp3) is 0.0870. The molecule has 6 heteroatoms. The van der Waals surface area contributed by atoms with Gasteiger partial charge in [0.25, 0.3) is 5.91 Å². The third-order valence-electron chi connectivity index (χ3n) is 4.08. The Bertz CT molecular complexity index is 1030. The zero-order valence-corrected chi connectivity index (χ0v) is 16.1. The Labute approximate surface area is 168 Å². The molecule has 0 fully saturated rings. The number of carbonyl (C=O) groups excluding carboxylic acids is 2. The summed E-state index contributed by atoms with van der Waals surface area (Å²) in [5, 5.41) is 3.97. The third-order valence-corrected chi connectivity index (χ3v) is 4.08. The SMILES string of the molecule is COc1cc(C)ccc1C(=O)NN=Cc1ccc(OC(=O)c2ccccc2)cc1. The van der Waals surface area contributed by atoms with Crippen molar-refractivity contribution in [1.29, 1.82) is 0 Å². The van der Waals surface area contributed by atoms with Gasteiger partial charge in [-0.15, -0.1) is 0 Å². The van der Waals surface area contributed by atoms with Crippen LogP contribution < -0.4 is 14.9 Å². The van der Waals surface area contributed by atoms with Crippen molar-refractivity contribution in [3.8, 4) is 11.5 Å². The molecule has 6 nitrogen and oxygen atoms in total. The first kappa shape index (κ1) is 19.8.